The normalized spacial score (nSPS) is 22.3. The molecule has 0 bridgehead atoms. The summed E-state index contributed by atoms with van der Waals surface area (Å²) in [4.78, 5) is -0.0442. The van der Waals surface area contributed by atoms with Crippen molar-refractivity contribution in [2.24, 2.45) is 11.8 Å². The molecule has 7 nitrogen and oxygen atoms in total. The summed E-state index contributed by atoms with van der Waals surface area (Å²) in [5.74, 6) is 0.00628. The van der Waals surface area contributed by atoms with Crippen LogP contribution in [0.1, 0.15) is 30.4 Å². The second-order valence-corrected chi connectivity index (χ2v) is 10.9. The van der Waals surface area contributed by atoms with Crippen LogP contribution in [0.4, 0.5) is 0 Å². The molecule has 0 heterocycles. The highest BCUT2D eigenvalue weighted by Crippen LogP contribution is 2.36. The van der Waals surface area contributed by atoms with Crippen molar-refractivity contribution in [3.8, 4) is 0 Å². The monoisotopic (exact) mass is 454 g/mol. The second kappa shape index (κ2) is 9.15. The van der Waals surface area contributed by atoms with Gasteiger partial charge in [0, 0.05) is 0 Å². The van der Waals surface area contributed by atoms with Gasteiger partial charge in [0.15, 0.2) is 0 Å². The molecule has 0 spiro atoms. The molecular formula is C21H26O7S2. The van der Waals surface area contributed by atoms with Crippen molar-refractivity contribution in [2.45, 2.75) is 48.5 Å². The van der Waals surface area contributed by atoms with Crippen LogP contribution < -0.4 is 0 Å². The van der Waals surface area contributed by atoms with Crippen LogP contribution >= 0.6 is 0 Å². The van der Waals surface area contributed by atoms with Crippen molar-refractivity contribution < 1.29 is 30.7 Å². The minimum absolute atomic E-state index is 0.0135. The molecule has 3 rings (SSSR count). The van der Waals surface area contributed by atoms with E-state index in [1.54, 1.807) is 24.3 Å². The number of hydrogen-bond acceptors (Lipinski definition) is 6. The van der Waals surface area contributed by atoms with E-state index in [-0.39, 0.29) is 28.2 Å². The van der Waals surface area contributed by atoms with Gasteiger partial charge in [0.1, 0.15) is 0 Å². The molecule has 1 aliphatic rings. The molecule has 0 saturated heterocycles. The molecule has 30 heavy (non-hydrogen) atoms. The largest absolute Gasteiger partial charge is 0.393 e. The van der Waals surface area contributed by atoms with Crippen LogP contribution in [0, 0.1) is 18.8 Å². The van der Waals surface area contributed by atoms with Gasteiger partial charge in [-0.25, -0.2) is 0 Å². The average Bonchev–Trinajstić information content (AvgIpc) is 3.04. The molecular weight excluding hydrogens is 428 g/mol. The first-order chi connectivity index (χ1) is 14.0. The Labute approximate surface area is 177 Å². The zero-order valence-electron chi connectivity index (χ0n) is 16.6. The van der Waals surface area contributed by atoms with E-state index >= 15 is 0 Å². The molecule has 0 aliphatic heterocycles. The summed E-state index contributed by atoms with van der Waals surface area (Å²) in [7, 11) is -8.07. The fourth-order valence-corrected chi connectivity index (χ4v) is 5.31. The van der Waals surface area contributed by atoms with Crippen molar-refractivity contribution in [2.75, 3.05) is 6.61 Å². The zero-order chi connectivity index (χ0) is 21.9. The van der Waals surface area contributed by atoms with Gasteiger partial charge >= 0.3 is 0 Å². The molecule has 3 unspecified atom stereocenters. The predicted molar refractivity (Wildman–Crippen MR) is 111 cm³/mol. The Balaban J connectivity index is 1.59. The summed E-state index contributed by atoms with van der Waals surface area (Å²) in [5, 5.41) is 10.1. The highest BCUT2D eigenvalue weighted by molar-refractivity contribution is 7.86. The maximum absolute atomic E-state index is 12.4. The fraction of sp³-hybridized carbons (Fsp3) is 0.429. The smallest absolute Gasteiger partial charge is 0.296 e. The lowest BCUT2D eigenvalue weighted by Crippen LogP contribution is -2.19. The number of aliphatic hydroxyl groups is 1. The number of rotatable bonds is 8. The summed E-state index contributed by atoms with van der Waals surface area (Å²) in [5.41, 5.74) is 1.85. The highest BCUT2D eigenvalue weighted by atomic mass is 32.2. The molecule has 164 valence electrons. The molecule has 0 radical (unpaired) electrons. The predicted octanol–water partition coefficient (Wildman–Crippen LogP) is 2.97. The first-order valence-corrected chi connectivity index (χ1v) is 12.6. The van der Waals surface area contributed by atoms with Crippen LogP contribution in [-0.4, -0.2) is 39.2 Å². The summed E-state index contributed by atoms with van der Waals surface area (Å²) in [6, 6.07) is 12.4. The van der Waals surface area contributed by atoms with E-state index in [0.29, 0.717) is 25.7 Å². The molecule has 2 aromatic carbocycles. The Morgan fingerprint density at radius 3 is 2.07 bits per heavy atom. The SMILES string of the molecule is Cc1ccc(S(=O)(=O)OCC2CC(O)CC2CCc2ccc(S(=O)(=O)O)cc2)cc1. The average molecular weight is 455 g/mol. The highest BCUT2D eigenvalue weighted by Gasteiger charge is 2.34. The quantitative estimate of drug-likeness (QED) is 0.465. The van der Waals surface area contributed by atoms with E-state index in [1.807, 2.05) is 6.92 Å². The molecule has 3 atom stereocenters. The Hall–Kier alpha value is -1.78. The first-order valence-electron chi connectivity index (χ1n) is 9.75. The van der Waals surface area contributed by atoms with E-state index < -0.39 is 26.3 Å². The lowest BCUT2D eigenvalue weighted by atomic mass is 9.90. The van der Waals surface area contributed by atoms with E-state index in [2.05, 4.69) is 0 Å². The van der Waals surface area contributed by atoms with Gasteiger partial charge in [-0.3, -0.25) is 8.74 Å². The van der Waals surface area contributed by atoms with Crippen LogP contribution in [0.3, 0.4) is 0 Å². The third kappa shape index (κ3) is 5.89. The Kier molecular flexibility index (Phi) is 6.98. The minimum atomic E-state index is -4.22. The molecule has 1 saturated carbocycles. The van der Waals surface area contributed by atoms with E-state index in [0.717, 1.165) is 11.1 Å². The van der Waals surface area contributed by atoms with Crippen molar-refractivity contribution in [1.29, 1.82) is 0 Å². The van der Waals surface area contributed by atoms with Crippen molar-refractivity contribution in [3.63, 3.8) is 0 Å². The number of benzene rings is 2. The van der Waals surface area contributed by atoms with Gasteiger partial charge in [-0.1, -0.05) is 29.8 Å². The third-order valence-corrected chi connectivity index (χ3v) is 7.75. The third-order valence-electron chi connectivity index (χ3n) is 5.59. The molecule has 9 heteroatoms. The minimum Gasteiger partial charge on any atom is -0.393 e. The maximum Gasteiger partial charge on any atom is 0.296 e. The number of hydrogen-bond donors (Lipinski definition) is 2. The van der Waals surface area contributed by atoms with Crippen molar-refractivity contribution in [1.82, 2.24) is 0 Å². The maximum atomic E-state index is 12.4. The van der Waals surface area contributed by atoms with Crippen LogP contribution in [0.2, 0.25) is 0 Å². The van der Waals surface area contributed by atoms with Crippen LogP contribution in [0.5, 0.6) is 0 Å². The van der Waals surface area contributed by atoms with Gasteiger partial charge < -0.3 is 5.11 Å². The van der Waals surface area contributed by atoms with Gasteiger partial charge in [0.2, 0.25) is 0 Å². The molecule has 2 aromatic rings. The second-order valence-electron chi connectivity index (χ2n) is 7.85. The summed E-state index contributed by atoms with van der Waals surface area (Å²) in [6.07, 6.45) is 1.91. The van der Waals surface area contributed by atoms with E-state index in [9.17, 15) is 21.9 Å². The zero-order valence-corrected chi connectivity index (χ0v) is 18.3. The van der Waals surface area contributed by atoms with Crippen molar-refractivity contribution in [3.05, 3.63) is 59.7 Å². The van der Waals surface area contributed by atoms with E-state index in [4.69, 9.17) is 8.74 Å². The molecule has 0 aromatic heterocycles. The number of aryl methyl sites for hydroxylation is 2. The Bertz CT molecular complexity index is 1060. The topological polar surface area (TPSA) is 118 Å². The Morgan fingerprint density at radius 2 is 1.47 bits per heavy atom. The summed E-state index contributed by atoms with van der Waals surface area (Å²) >= 11 is 0. The molecule has 2 N–H and O–H groups in total. The lowest BCUT2D eigenvalue weighted by molar-refractivity contribution is 0.168. The molecule has 0 amide bonds. The van der Waals surface area contributed by atoms with Crippen LogP contribution in [0.15, 0.2) is 58.3 Å². The standard InChI is InChI=1S/C21H26O7S2/c1-15-2-8-21(9-3-15)30(26,27)28-14-18-13-19(22)12-17(18)7-4-16-5-10-20(11-6-16)29(23,24)25/h2-3,5-6,8-11,17-19,22H,4,7,12-14H2,1H3,(H,23,24,25). The lowest BCUT2D eigenvalue weighted by Gasteiger charge is -2.19. The first kappa shape index (κ1) is 22.9. The van der Waals surface area contributed by atoms with Gasteiger partial charge in [0.25, 0.3) is 20.2 Å². The van der Waals surface area contributed by atoms with Crippen LogP contribution in [-0.2, 0) is 30.8 Å². The molecule has 1 fully saturated rings. The summed E-state index contributed by atoms with van der Waals surface area (Å²) < 4.78 is 61.4. The van der Waals surface area contributed by atoms with Crippen molar-refractivity contribution >= 4 is 20.2 Å². The molecule has 1 aliphatic carbocycles. The Morgan fingerprint density at radius 1 is 0.900 bits per heavy atom. The summed E-state index contributed by atoms with van der Waals surface area (Å²) in [6.45, 7) is 1.89. The van der Waals surface area contributed by atoms with Gasteiger partial charge in [-0.2, -0.15) is 16.8 Å². The van der Waals surface area contributed by atoms with Gasteiger partial charge in [-0.05, 0) is 74.3 Å². The van der Waals surface area contributed by atoms with E-state index in [1.165, 1.54) is 24.3 Å². The fourth-order valence-electron chi connectivity index (χ4n) is 3.87. The number of aliphatic hydroxyl groups excluding tert-OH is 1. The van der Waals surface area contributed by atoms with Crippen LogP contribution in [0.25, 0.3) is 0 Å². The van der Waals surface area contributed by atoms with Gasteiger partial charge in [0.05, 0.1) is 22.5 Å². The van der Waals surface area contributed by atoms with Gasteiger partial charge in [-0.15, -0.1) is 0 Å².